The minimum Gasteiger partial charge on any atom is -0.393 e. The Bertz CT molecular complexity index is 381. The smallest absolute Gasteiger partial charge is 0.134 e. The van der Waals surface area contributed by atoms with Crippen molar-refractivity contribution in [3.8, 4) is 0 Å². The van der Waals surface area contributed by atoms with E-state index in [9.17, 15) is 10.2 Å². The number of hydrogen-bond acceptors (Lipinski definition) is 4. The van der Waals surface area contributed by atoms with E-state index in [4.69, 9.17) is 0 Å². The standard InChI is InChI=1S/C13H20N2O2/c1-9-8-15(7-5-12(9)17)13-11(10(2)16)4-3-6-14-13/h3-4,6,9-10,12,16-17H,5,7-8H2,1-2H3/t9?,10-,12?/m1/s1. The molecule has 1 aliphatic heterocycles. The molecule has 0 aromatic carbocycles. The van der Waals surface area contributed by atoms with E-state index in [0.717, 1.165) is 30.9 Å². The molecule has 17 heavy (non-hydrogen) atoms. The molecule has 4 nitrogen and oxygen atoms in total. The van der Waals surface area contributed by atoms with Crippen LogP contribution in [0.4, 0.5) is 5.82 Å². The first kappa shape index (κ1) is 12.3. The molecule has 0 aliphatic carbocycles. The minimum absolute atomic E-state index is 0.218. The Balaban J connectivity index is 2.22. The molecule has 0 amide bonds. The van der Waals surface area contributed by atoms with Gasteiger partial charge in [-0.25, -0.2) is 4.98 Å². The van der Waals surface area contributed by atoms with E-state index in [1.807, 2.05) is 19.1 Å². The second-order valence-corrected chi connectivity index (χ2v) is 4.87. The molecule has 0 bridgehead atoms. The van der Waals surface area contributed by atoms with Crippen molar-refractivity contribution in [2.75, 3.05) is 18.0 Å². The van der Waals surface area contributed by atoms with Gasteiger partial charge in [-0.3, -0.25) is 0 Å². The van der Waals surface area contributed by atoms with Crippen LogP contribution in [0.1, 0.15) is 31.9 Å². The van der Waals surface area contributed by atoms with Crippen molar-refractivity contribution in [3.63, 3.8) is 0 Å². The average Bonchev–Trinajstić information content (AvgIpc) is 2.32. The maximum absolute atomic E-state index is 9.74. The van der Waals surface area contributed by atoms with E-state index >= 15 is 0 Å². The van der Waals surface area contributed by atoms with Crippen molar-refractivity contribution < 1.29 is 10.2 Å². The fourth-order valence-electron chi connectivity index (χ4n) is 2.33. The number of nitrogens with zero attached hydrogens (tertiary/aromatic N) is 2. The van der Waals surface area contributed by atoms with Crippen LogP contribution in [0.2, 0.25) is 0 Å². The number of aliphatic hydroxyl groups excluding tert-OH is 2. The third-order valence-corrected chi connectivity index (χ3v) is 3.43. The molecule has 2 N–H and O–H groups in total. The molecule has 3 atom stereocenters. The number of pyridine rings is 1. The monoisotopic (exact) mass is 236 g/mol. The highest BCUT2D eigenvalue weighted by molar-refractivity contribution is 5.48. The Morgan fingerprint density at radius 3 is 2.94 bits per heavy atom. The summed E-state index contributed by atoms with van der Waals surface area (Å²) >= 11 is 0. The van der Waals surface area contributed by atoms with Gasteiger partial charge in [0.05, 0.1) is 12.2 Å². The van der Waals surface area contributed by atoms with Crippen LogP contribution < -0.4 is 4.90 Å². The molecule has 4 heteroatoms. The van der Waals surface area contributed by atoms with Gasteiger partial charge in [0.1, 0.15) is 5.82 Å². The van der Waals surface area contributed by atoms with Gasteiger partial charge < -0.3 is 15.1 Å². The second kappa shape index (κ2) is 5.02. The van der Waals surface area contributed by atoms with E-state index in [2.05, 4.69) is 9.88 Å². The van der Waals surface area contributed by atoms with Gasteiger partial charge in [0.25, 0.3) is 0 Å². The molecule has 0 spiro atoms. The van der Waals surface area contributed by atoms with Crippen molar-refractivity contribution in [1.82, 2.24) is 4.98 Å². The summed E-state index contributed by atoms with van der Waals surface area (Å²) in [6.07, 6.45) is 1.78. The molecule has 1 saturated heterocycles. The highest BCUT2D eigenvalue weighted by Gasteiger charge is 2.26. The lowest BCUT2D eigenvalue weighted by Crippen LogP contribution is -2.42. The summed E-state index contributed by atoms with van der Waals surface area (Å²) in [5.41, 5.74) is 0.857. The highest BCUT2D eigenvalue weighted by Crippen LogP contribution is 2.27. The Labute approximate surface area is 102 Å². The van der Waals surface area contributed by atoms with Gasteiger partial charge >= 0.3 is 0 Å². The van der Waals surface area contributed by atoms with E-state index in [1.165, 1.54) is 0 Å². The Morgan fingerprint density at radius 1 is 1.53 bits per heavy atom. The zero-order chi connectivity index (χ0) is 12.4. The zero-order valence-corrected chi connectivity index (χ0v) is 10.4. The van der Waals surface area contributed by atoms with Crippen LogP contribution in [-0.4, -0.2) is 34.4 Å². The predicted molar refractivity (Wildman–Crippen MR) is 66.9 cm³/mol. The Morgan fingerprint density at radius 2 is 2.29 bits per heavy atom. The molecule has 94 valence electrons. The van der Waals surface area contributed by atoms with Crippen LogP contribution in [0.5, 0.6) is 0 Å². The van der Waals surface area contributed by atoms with Crippen LogP contribution in [0, 0.1) is 5.92 Å². The summed E-state index contributed by atoms with van der Waals surface area (Å²) in [5.74, 6) is 1.09. The minimum atomic E-state index is -0.513. The topological polar surface area (TPSA) is 56.6 Å². The maximum Gasteiger partial charge on any atom is 0.134 e. The number of anilines is 1. The predicted octanol–water partition coefficient (Wildman–Crippen LogP) is 1.34. The van der Waals surface area contributed by atoms with Crippen molar-refractivity contribution in [2.24, 2.45) is 5.92 Å². The van der Waals surface area contributed by atoms with Gasteiger partial charge in [-0.05, 0) is 25.3 Å². The summed E-state index contributed by atoms with van der Waals surface area (Å²) in [4.78, 5) is 6.52. The quantitative estimate of drug-likeness (QED) is 0.813. The summed E-state index contributed by atoms with van der Waals surface area (Å²) < 4.78 is 0. The fraction of sp³-hybridized carbons (Fsp3) is 0.615. The SMILES string of the molecule is CC1CN(c2ncccc2[C@@H](C)O)CCC1O. The Kier molecular flexibility index (Phi) is 3.64. The van der Waals surface area contributed by atoms with Gasteiger partial charge in [-0.1, -0.05) is 13.0 Å². The van der Waals surface area contributed by atoms with Crippen molar-refractivity contribution in [2.45, 2.75) is 32.5 Å². The summed E-state index contributed by atoms with van der Waals surface area (Å²) in [5, 5.41) is 19.5. The number of hydrogen-bond donors (Lipinski definition) is 2. The number of piperidine rings is 1. The van der Waals surface area contributed by atoms with Crippen molar-refractivity contribution in [3.05, 3.63) is 23.9 Å². The molecule has 1 fully saturated rings. The molecule has 1 aliphatic rings. The van der Waals surface area contributed by atoms with E-state index in [0.29, 0.717) is 0 Å². The first-order valence-electron chi connectivity index (χ1n) is 6.15. The average molecular weight is 236 g/mol. The van der Waals surface area contributed by atoms with Crippen LogP contribution >= 0.6 is 0 Å². The molecule has 0 saturated carbocycles. The number of rotatable bonds is 2. The van der Waals surface area contributed by atoms with Gasteiger partial charge in [0, 0.05) is 24.8 Å². The van der Waals surface area contributed by atoms with E-state index in [1.54, 1.807) is 13.1 Å². The van der Waals surface area contributed by atoms with Crippen LogP contribution in [0.3, 0.4) is 0 Å². The first-order chi connectivity index (χ1) is 8.09. The summed E-state index contributed by atoms with van der Waals surface area (Å²) in [6, 6.07) is 3.75. The van der Waals surface area contributed by atoms with Crippen molar-refractivity contribution in [1.29, 1.82) is 0 Å². The van der Waals surface area contributed by atoms with E-state index < -0.39 is 6.10 Å². The normalized spacial score (nSPS) is 26.9. The number of aromatic nitrogens is 1. The third kappa shape index (κ3) is 2.58. The highest BCUT2D eigenvalue weighted by atomic mass is 16.3. The molecule has 0 radical (unpaired) electrons. The molecular formula is C13H20N2O2. The lowest BCUT2D eigenvalue weighted by Gasteiger charge is -2.36. The first-order valence-corrected chi connectivity index (χ1v) is 6.15. The molecule has 1 aromatic rings. The van der Waals surface area contributed by atoms with Gasteiger partial charge in [0.15, 0.2) is 0 Å². The van der Waals surface area contributed by atoms with Gasteiger partial charge in [-0.2, -0.15) is 0 Å². The summed E-state index contributed by atoms with van der Waals surface area (Å²) in [7, 11) is 0. The van der Waals surface area contributed by atoms with Crippen LogP contribution in [-0.2, 0) is 0 Å². The molecule has 2 heterocycles. The summed E-state index contributed by atoms with van der Waals surface area (Å²) in [6.45, 7) is 5.38. The third-order valence-electron chi connectivity index (χ3n) is 3.43. The largest absolute Gasteiger partial charge is 0.393 e. The van der Waals surface area contributed by atoms with Gasteiger partial charge in [-0.15, -0.1) is 0 Å². The maximum atomic E-state index is 9.74. The lowest BCUT2D eigenvalue weighted by molar-refractivity contribution is 0.0966. The van der Waals surface area contributed by atoms with Crippen LogP contribution in [0.25, 0.3) is 0 Å². The number of aliphatic hydroxyl groups is 2. The molecule has 1 aromatic heterocycles. The van der Waals surface area contributed by atoms with E-state index in [-0.39, 0.29) is 12.0 Å². The molecule has 2 rings (SSSR count). The molecule has 2 unspecified atom stereocenters. The zero-order valence-electron chi connectivity index (χ0n) is 10.4. The van der Waals surface area contributed by atoms with Gasteiger partial charge in [0.2, 0.25) is 0 Å². The lowest BCUT2D eigenvalue weighted by atomic mass is 9.96. The van der Waals surface area contributed by atoms with Crippen LogP contribution in [0.15, 0.2) is 18.3 Å². The van der Waals surface area contributed by atoms with Crippen molar-refractivity contribution >= 4 is 5.82 Å². The Hall–Kier alpha value is -1.13. The molecular weight excluding hydrogens is 216 g/mol. The fourth-order valence-corrected chi connectivity index (χ4v) is 2.33. The second-order valence-electron chi connectivity index (χ2n) is 4.87.